The highest BCUT2D eigenvalue weighted by atomic mass is 16.4. The summed E-state index contributed by atoms with van der Waals surface area (Å²) in [4.78, 5) is 32.5. The van der Waals surface area contributed by atoms with Crippen molar-refractivity contribution in [1.82, 2.24) is 10.6 Å². The van der Waals surface area contributed by atoms with E-state index in [-0.39, 0.29) is 0 Å². The van der Waals surface area contributed by atoms with Crippen molar-refractivity contribution in [1.29, 1.82) is 0 Å². The lowest BCUT2D eigenvalue weighted by Gasteiger charge is -2.15. The zero-order valence-electron chi connectivity index (χ0n) is 9.16. The Labute approximate surface area is 93.4 Å². The quantitative estimate of drug-likeness (QED) is 0.437. The lowest BCUT2D eigenvalue weighted by molar-refractivity contribution is -0.139. The van der Waals surface area contributed by atoms with Crippen molar-refractivity contribution in [2.75, 3.05) is 6.54 Å². The molecule has 1 atom stereocenters. The number of unbranched alkanes of at least 4 members (excludes halogenated alkanes) is 1. The predicted molar refractivity (Wildman–Crippen MR) is 56.7 cm³/mol. The maximum Gasteiger partial charge on any atom is 0.312 e. The molecule has 0 aliphatic heterocycles. The van der Waals surface area contributed by atoms with Crippen LogP contribution < -0.4 is 16.4 Å². The summed E-state index contributed by atoms with van der Waals surface area (Å²) >= 11 is 0. The molecule has 5 N–H and O–H groups in total. The van der Waals surface area contributed by atoms with Crippen molar-refractivity contribution < 1.29 is 19.5 Å². The van der Waals surface area contributed by atoms with Gasteiger partial charge in [-0.25, -0.2) is 4.79 Å². The molecule has 0 saturated heterocycles. The van der Waals surface area contributed by atoms with Gasteiger partial charge in [0.15, 0.2) is 0 Å². The van der Waals surface area contributed by atoms with Crippen LogP contribution in [0.3, 0.4) is 0 Å². The number of carboxylic acid groups (broad SMARTS) is 1. The van der Waals surface area contributed by atoms with E-state index >= 15 is 0 Å². The highest BCUT2D eigenvalue weighted by Gasteiger charge is 2.22. The number of primary amides is 1. The van der Waals surface area contributed by atoms with Crippen molar-refractivity contribution in [2.24, 2.45) is 5.73 Å². The summed E-state index contributed by atoms with van der Waals surface area (Å²) in [5, 5.41) is 13.2. The molecule has 0 heterocycles. The standard InChI is InChI=1S/C9H17N3O4/c1-2-3-4-11-8(15)6(5-7(13)14)12-9(10)16/h6H,2-5H2,1H3,(H,11,15)(H,13,14)(H3,10,12,16). The van der Waals surface area contributed by atoms with Crippen LogP contribution in [0.5, 0.6) is 0 Å². The van der Waals surface area contributed by atoms with E-state index < -0.39 is 30.4 Å². The first kappa shape index (κ1) is 14.2. The van der Waals surface area contributed by atoms with Gasteiger partial charge in [0.25, 0.3) is 0 Å². The van der Waals surface area contributed by atoms with Crippen LogP contribution in [0.2, 0.25) is 0 Å². The summed E-state index contributed by atoms with van der Waals surface area (Å²) in [6, 6.07) is -2.04. The van der Waals surface area contributed by atoms with Gasteiger partial charge in [0.1, 0.15) is 6.04 Å². The minimum absolute atomic E-state index is 0.450. The molecule has 92 valence electrons. The average Bonchev–Trinajstić information content (AvgIpc) is 2.15. The Morgan fingerprint density at radius 2 is 2.00 bits per heavy atom. The van der Waals surface area contributed by atoms with Crippen LogP contribution >= 0.6 is 0 Å². The molecule has 0 fully saturated rings. The smallest absolute Gasteiger partial charge is 0.312 e. The first-order valence-electron chi connectivity index (χ1n) is 5.02. The first-order chi connectivity index (χ1) is 7.47. The summed E-state index contributed by atoms with van der Waals surface area (Å²) in [7, 11) is 0. The van der Waals surface area contributed by atoms with Gasteiger partial charge in [-0.3, -0.25) is 9.59 Å². The Balaban J connectivity index is 4.20. The third kappa shape index (κ3) is 6.63. The second kappa shape index (κ2) is 7.49. The van der Waals surface area contributed by atoms with E-state index in [4.69, 9.17) is 10.8 Å². The summed E-state index contributed by atoms with van der Waals surface area (Å²) in [6.07, 6.45) is 1.22. The largest absolute Gasteiger partial charge is 0.481 e. The Kier molecular flexibility index (Phi) is 6.66. The van der Waals surface area contributed by atoms with Crippen molar-refractivity contribution in [3.05, 3.63) is 0 Å². The van der Waals surface area contributed by atoms with Crippen LogP contribution in [0.4, 0.5) is 4.79 Å². The molecule has 0 aromatic heterocycles. The number of rotatable bonds is 7. The third-order valence-corrected chi connectivity index (χ3v) is 1.84. The third-order valence-electron chi connectivity index (χ3n) is 1.84. The number of hydrogen-bond acceptors (Lipinski definition) is 3. The highest BCUT2D eigenvalue weighted by molar-refractivity contribution is 5.89. The molecule has 0 rings (SSSR count). The second-order valence-electron chi connectivity index (χ2n) is 3.30. The van der Waals surface area contributed by atoms with Gasteiger partial charge in [-0.15, -0.1) is 0 Å². The Hall–Kier alpha value is -1.79. The molecule has 0 saturated carbocycles. The van der Waals surface area contributed by atoms with E-state index in [9.17, 15) is 14.4 Å². The monoisotopic (exact) mass is 231 g/mol. The number of carbonyl (C=O) groups is 3. The van der Waals surface area contributed by atoms with Crippen LogP contribution in [-0.2, 0) is 9.59 Å². The maximum absolute atomic E-state index is 11.4. The molecule has 3 amide bonds. The Bertz CT molecular complexity index is 251. The molecule has 7 heteroatoms. The van der Waals surface area contributed by atoms with E-state index in [1.54, 1.807) is 0 Å². The van der Waals surface area contributed by atoms with E-state index in [1.165, 1.54) is 0 Å². The fourth-order valence-corrected chi connectivity index (χ4v) is 1.07. The van der Waals surface area contributed by atoms with Gasteiger partial charge in [0, 0.05) is 6.54 Å². The molecule has 16 heavy (non-hydrogen) atoms. The van der Waals surface area contributed by atoms with Gasteiger partial charge < -0.3 is 21.5 Å². The summed E-state index contributed by atoms with van der Waals surface area (Å²) in [5.74, 6) is -1.71. The average molecular weight is 231 g/mol. The molecule has 0 bridgehead atoms. The molecule has 0 aromatic carbocycles. The van der Waals surface area contributed by atoms with Crippen LogP contribution in [0, 0.1) is 0 Å². The molecular weight excluding hydrogens is 214 g/mol. The summed E-state index contributed by atoms with van der Waals surface area (Å²) in [6.45, 7) is 2.41. The van der Waals surface area contributed by atoms with Crippen molar-refractivity contribution in [3.8, 4) is 0 Å². The SMILES string of the molecule is CCCCNC(=O)C(CC(=O)O)NC(N)=O. The lowest BCUT2D eigenvalue weighted by atomic mass is 10.2. The van der Waals surface area contributed by atoms with E-state index in [0.29, 0.717) is 6.54 Å². The number of carbonyl (C=O) groups excluding carboxylic acids is 2. The van der Waals surface area contributed by atoms with Gasteiger partial charge in [0.2, 0.25) is 5.91 Å². The normalized spacial score (nSPS) is 11.6. The molecule has 0 aromatic rings. The Morgan fingerprint density at radius 3 is 2.44 bits per heavy atom. The van der Waals surface area contributed by atoms with Crippen LogP contribution in [0.25, 0.3) is 0 Å². The highest BCUT2D eigenvalue weighted by Crippen LogP contribution is 1.93. The van der Waals surface area contributed by atoms with Gasteiger partial charge in [-0.2, -0.15) is 0 Å². The van der Waals surface area contributed by atoms with Crippen molar-refractivity contribution in [3.63, 3.8) is 0 Å². The first-order valence-corrected chi connectivity index (χ1v) is 5.02. The van der Waals surface area contributed by atoms with E-state index in [0.717, 1.165) is 12.8 Å². The van der Waals surface area contributed by atoms with Gasteiger partial charge in [-0.1, -0.05) is 13.3 Å². The van der Waals surface area contributed by atoms with Crippen LogP contribution in [0.1, 0.15) is 26.2 Å². The number of nitrogens with two attached hydrogens (primary N) is 1. The predicted octanol–water partition coefficient (Wildman–Crippen LogP) is -0.586. The Morgan fingerprint density at radius 1 is 1.38 bits per heavy atom. The topological polar surface area (TPSA) is 122 Å². The number of carboxylic acids is 1. The second-order valence-corrected chi connectivity index (χ2v) is 3.30. The van der Waals surface area contributed by atoms with Crippen molar-refractivity contribution in [2.45, 2.75) is 32.2 Å². The number of amides is 3. The maximum atomic E-state index is 11.4. The van der Waals surface area contributed by atoms with Crippen LogP contribution in [0.15, 0.2) is 0 Å². The van der Waals surface area contributed by atoms with Crippen LogP contribution in [-0.4, -0.2) is 35.6 Å². The zero-order valence-corrected chi connectivity index (χ0v) is 9.16. The van der Waals surface area contributed by atoms with E-state index in [1.807, 2.05) is 6.92 Å². The lowest BCUT2D eigenvalue weighted by Crippen LogP contribution is -2.49. The molecule has 7 nitrogen and oxygen atoms in total. The molecular formula is C9H17N3O4. The fourth-order valence-electron chi connectivity index (χ4n) is 1.07. The minimum Gasteiger partial charge on any atom is -0.481 e. The van der Waals surface area contributed by atoms with Gasteiger partial charge in [0.05, 0.1) is 6.42 Å². The van der Waals surface area contributed by atoms with Gasteiger partial charge in [-0.05, 0) is 6.42 Å². The zero-order chi connectivity index (χ0) is 12.6. The summed E-state index contributed by atoms with van der Waals surface area (Å²) < 4.78 is 0. The number of hydrogen-bond donors (Lipinski definition) is 4. The number of aliphatic carboxylic acids is 1. The van der Waals surface area contributed by atoms with Gasteiger partial charge >= 0.3 is 12.0 Å². The number of nitrogens with one attached hydrogen (secondary N) is 2. The molecule has 0 spiro atoms. The molecule has 0 aliphatic rings. The fraction of sp³-hybridized carbons (Fsp3) is 0.667. The molecule has 0 aliphatic carbocycles. The minimum atomic E-state index is -1.18. The van der Waals surface area contributed by atoms with Crippen molar-refractivity contribution >= 4 is 17.9 Å². The molecule has 0 radical (unpaired) electrons. The molecule has 1 unspecified atom stereocenters. The number of urea groups is 1. The van der Waals surface area contributed by atoms with E-state index in [2.05, 4.69) is 10.6 Å². The summed E-state index contributed by atoms with van der Waals surface area (Å²) in [5.41, 5.74) is 4.84.